The van der Waals surface area contributed by atoms with Gasteiger partial charge in [-0.3, -0.25) is 9.69 Å². The van der Waals surface area contributed by atoms with Crippen LogP contribution in [0.3, 0.4) is 0 Å². The minimum absolute atomic E-state index is 0.00854. The zero-order chi connectivity index (χ0) is 19.3. The molecule has 1 heterocycles. The lowest BCUT2D eigenvalue weighted by atomic mass is 9.90. The SMILES string of the molecule is CC(C(=O)Nc1ccc(OCc2ccccc2)cc1)N1CCC(C)(CN)C1. The summed E-state index contributed by atoms with van der Waals surface area (Å²) in [7, 11) is 0. The second-order valence-electron chi connectivity index (χ2n) is 7.70. The number of amides is 1. The van der Waals surface area contributed by atoms with E-state index in [0.29, 0.717) is 13.2 Å². The van der Waals surface area contributed by atoms with Crippen LogP contribution in [0, 0.1) is 5.41 Å². The van der Waals surface area contributed by atoms with Crippen molar-refractivity contribution in [3.63, 3.8) is 0 Å². The first-order valence-electron chi connectivity index (χ1n) is 9.51. The van der Waals surface area contributed by atoms with E-state index in [1.54, 1.807) is 0 Å². The minimum atomic E-state index is -0.174. The molecule has 3 N–H and O–H groups in total. The molecule has 1 fully saturated rings. The molecule has 1 aliphatic rings. The molecule has 0 saturated carbocycles. The number of nitrogens with one attached hydrogen (secondary N) is 1. The van der Waals surface area contributed by atoms with Gasteiger partial charge in [0.05, 0.1) is 6.04 Å². The Bertz CT molecular complexity index is 748. The zero-order valence-corrected chi connectivity index (χ0v) is 16.2. The van der Waals surface area contributed by atoms with Gasteiger partial charge in [0.25, 0.3) is 0 Å². The number of ether oxygens (including phenoxy) is 1. The number of benzene rings is 2. The molecule has 1 aliphatic heterocycles. The van der Waals surface area contributed by atoms with Crippen LogP contribution in [0.25, 0.3) is 0 Å². The molecule has 3 rings (SSSR count). The molecular formula is C22H29N3O2. The number of carbonyl (C=O) groups excluding carboxylic acids is 1. The van der Waals surface area contributed by atoms with Gasteiger partial charge in [-0.05, 0) is 61.7 Å². The Morgan fingerprint density at radius 3 is 2.56 bits per heavy atom. The molecule has 2 unspecified atom stereocenters. The maximum atomic E-state index is 12.6. The molecule has 0 aliphatic carbocycles. The summed E-state index contributed by atoms with van der Waals surface area (Å²) in [5.41, 5.74) is 7.89. The maximum absolute atomic E-state index is 12.6. The van der Waals surface area contributed by atoms with Gasteiger partial charge < -0.3 is 15.8 Å². The van der Waals surface area contributed by atoms with E-state index in [9.17, 15) is 4.79 Å². The Balaban J connectivity index is 1.51. The van der Waals surface area contributed by atoms with Crippen molar-refractivity contribution >= 4 is 11.6 Å². The Labute approximate surface area is 161 Å². The number of hydrogen-bond donors (Lipinski definition) is 2. The highest BCUT2D eigenvalue weighted by Crippen LogP contribution is 2.30. The molecule has 5 nitrogen and oxygen atoms in total. The van der Waals surface area contributed by atoms with Crippen LogP contribution in [0.2, 0.25) is 0 Å². The molecule has 0 aromatic heterocycles. The molecule has 0 bridgehead atoms. The van der Waals surface area contributed by atoms with Crippen LogP contribution in [0.1, 0.15) is 25.8 Å². The number of carbonyl (C=O) groups is 1. The van der Waals surface area contributed by atoms with Crippen molar-refractivity contribution in [2.45, 2.75) is 32.9 Å². The van der Waals surface area contributed by atoms with Gasteiger partial charge in [0.1, 0.15) is 12.4 Å². The average molecular weight is 367 g/mol. The topological polar surface area (TPSA) is 67.6 Å². The predicted molar refractivity (Wildman–Crippen MR) is 109 cm³/mol. The number of likely N-dealkylation sites (tertiary alicyclic amines) is 1. The summed E-state index contributed by atoms with van der Waals surface area (Å²) >= 11 is 0. The monoisotopic (exact) mass is 367 g/mol. The van der Waals surface area contributed by atoms with E-state index in [0.717, 1.165) is 36.5 Å². The summed E-state index contributed by atoms with van der Waals surface area (Å²) < 4.78 is 5.78. The van der Waals surface area contributed by atoms with Crippen LogP contribution in [-0.2, 0) is 11.4 Å². The minimum Gasteiger partial charge on any atom is -0.489 e. The van der Waals surface area contributed by atoms with Crippen LogP contribution in [0.15, 0.2) is 54.6 Å². The number of rotatable bonds is 7. The molecule has 5 heteroatoms. The highest BCUT2D eigenvalue weighted by atomic mass is 16.5. The number of anilines is 1. The molecule has 27 heavy (non-hydrogen) atoms. The quantitative estimate of drug-likeness (QED) is 0.788. The van der Waals surface area contributed by atoms with Crippen LogP contribution < -0.4 is 15.8 Å². The van der Waals surface area contributed by atoms with E-state index >= 15 is 0 Å². The van der Waals surface area contributed by atoms with Gasteiger partial charge in [0.15, 0.2) is 0 Å². The maximum Gasteiger partial charge on any atom is 0.241 e. The second kappa shape index (κ2) is 8.55. The molecule has 2 aromatic rings. The fourth-order valence-electron chi connectivity index (χ4n) is 3.35. The lowest BCUT2D eigenvalue weighted by molar-refractivity contribution is -0.120. The molecule has 0 radical (unpaired) electrons. The van der Waals surface area contributed by atoms with Crippen LogP contribution in [0.5, 0.6) is 5.75 Å². The van der Waals surface area contributed by atoms with Crippen molar-refractivity contribution in [2.24, 2.45) is 11.1 Å². The molecule has 0 spiro atoms. The first kappa shape index (κ1) is 19.4. The first-order chi connectivity index (χ1) is 13.0. The van der Waals surface area contributed by atoms with Gasteiger partial charge >= 0.3 is 0 Å². The van der Waals surface area contributed by atoms with Gasteiger partial charge in [-0.1, -0.05) is 37.3 Å². The summed E-state index contributed by atoms with van der Waals surface area (Å²) in [6.45, 7) is 7.10. The fraction of sp³-hybridized carbons (Fsp3) is 0.409. The van der Waals surface area contributed by atoms with Crippen LogP contribution in [0.4, 0.5) is 5.69 Å². The third-order valence-corrected chi connectivity index (χ3v) is 5.38. The average Bonchev–Trinajstić information content (AvgIpc) is 3.10. The Morgan fingerprint density at radius 1 is 1.22 bits per heavy atom. The third-order valence-electron chi connectivity index (χ3n) is 5.38. The lowest BCUT2D eigenvalue weighted by Crippen LogP contribution is -2.42. The second-order valence-corrected chi connectivity index (χ2v) is 7.70. The molecular weight excluding hydrogens is 338 g/mol. The lowest BCUT2D eigenvalue weighted by Gasteiger charge is -2.26. The first-order valence-corrected chi connectivity index (χ1v) is 9.51. The standard InChI is InChI=1S/C22H29N3O2/c1-17(25-13-12-22(2,15-23)16-25)21(26)24-19-8-10-20(11-9-19)27-14-18-6-4-3-5-7-18/h3-11,17H,12-16,23H2,1-2H3,(H,24,26). The Kier molecular flexibility index (Phi) is 6.14. The fourth-order valence-corrected chi connectivity index (χ4v) is 3.35. The molecule has 144 valence electrons. The van der Waals surface area contributed by atoms with E-state index < -0.39 is 0 Å². The van der Waals surface area contributed by atoms with Crippen LogP contribution >= 0.6 is 0 Å². The predicted octanol–water partition coefficient (Wildman–Crippen LogP) is 3.26. The van der Waals surface area contributed by atoms with Gasteiger partial charge in [0, 0.05) is 12.2 Å². The highest BCUT2D eigenvalue weighted by molar-refractivity contribution is 5.94. The molecule has 1 amide bonds. The molecule has 2 atom stereocenters. The van der Waals surface area contributed by atoms with E-state index in [2.05, 4.69) is 17.1 Å². The smallest absolute Gasteiger partial charge is 0.241 e. The van der Waals surface area contributed by atoms with Gasteiger partial charge in [-0.2, -0.15) is 0 Å². The summed E-state index contributed by atoms with van der Waals surface area (Å²) in [4.78, 5) is 14.8. The number of hydrogen-bond acceptors (Lipinski definition) is 4. The van der Waals surface area contributed by atoms with Crippen LogP contribution in [-0.4, -0.2) is 36.5 Å². The highest BCUT2D eigenvalue weighted by Gasteiger charge is 2.36. The van der Waals surface area contributed by atoms with Gasteiger partial charge in [0.2, 0.25) is 5.91 Å². The molecule has 1 saturated heterocycles. The van der Waals surface area contributed by atoms with Crippen molar-refractivity contribution < 1.29 is 9.53 Å². The van der Waals surface area contributed by atoms with E-state index in [4.69, 9.17) is 10.5 Å². The Hall–Kier alpha value is -2.37. The van der Waals surface area contributed by atoms with E-state index in [1.165, 1.54) is 0 Å². The molecule has 2 aromatic carbocycles. The van der Waals surface area contributed by atoms with Crippen molar-refractivity contribution in [3.05, 3.63) is 60.2 Å². The normalized spacial score (nSPS) is 21.0. The Morgan fingerprint density at radius 2 is 1.93 bits per heavy atom. The van der Waals surface area contributed by atoms with Gasteiger partial charge in [-0.15, -0.1) is 0 Å². The van der Waals surface area contributed by atoms with Crippen molar-refractivity contribution in [1.82, 2.24) is 4.90 Å². The van der Waals surface area contributed by atoms with Crippen molar-refractivity contribution in [2.75, 3.05) is 25.0 Å². The zero-order valence-electron chi connectivity index (χ0n) is 16.2. The summed E-state index contributed by atoms with van der Waals surface area (Å²) in [5, 5.41) is 3.00. The summed E-state index contributed by atoms with van der Waals surface area (Å²) in [5.74, 6) is 0.789. The third kappa shape index (κ3) is 5.08. The number of nitrogens with two attached hydrogens (primary N) is 1. The van der Waals surface area contributed by atoms with E-state index in [-0.39, 0.29) is 17.4 Å². The van der Waals surface area contributed by atoms with Crippen molar-refractivity contribution in [3.8, 4) is 5.75 Å². The van der Waals surface area contributed by atoms with Crippen molar-refractivity contribution in [1.29, 1.82) is 0 Å². The number of nitrogens with zero attached hydrogens (tertiary/aromatic N) is 1. The largest absolute Gasteiger partial charge is 0.489 e. The summed E-state index contributed by atoms with van der Waals surface area (Å²) in [6.07, 6.45) is 1.04. The van der Waals surface area contributed by atoms with Gasteiger partial charge in [-0.25, -0.2) is 0 Å². The van der Waals surface area contributed by atoms with E-state index in [1.807, 2.05) is 61.5 Å². The summed E-state index contributed by atoms with van der Waals surface area (Å²) in [6, 6.07) is 17.4.